The first-order valence-corrected chi connectivity index (χ1v) is 11.8. The number of nitrogens with one attached hydrogen (secondary N) is 1. The fraction of sp³-hybridized carbons (Fsp3) is 0.318. The molecule has 1 saturated heterocycles. The third-order valence-electron chi connectivity index (χ3n) is 5.42. The molecule has 2 aromatic carbocycles. The van der Waals surface area contributed by atoms with E-state index in [1.165, 1.54) is 23.5 Å². The van der Waals surface area contributed by atoms with Gasteiger partial charge in [-0.25, -0.2) is 8.42 Å². The maximum Gasteiger partial charge on any atom is 0.322 e. The molecule has 0 saturated carbocycles. The van der Waals surface area contributed by atoms with Gasteiger partial charge in [0.2, 0.25) is 21.8 Å². The molecule has 2 heterocycles. The Morgan fingerprint density at radius 1 is 1.09 bits per heavy atom. The van der Waals surface area contributed by atoms with Gasteiger partial charge in [0.05, 0.1) is 25.0 Å². The molecular weight excluding hydrogens is 448 g/mol. The van der Waals surface area contributed by atoms with Gasteiger partial charge in [-0.05, 0) is 55.3 Å². The van der Waals surface area contributed by atoms with Crippen LogP contribution in [-0.2, 0) is 14.8 Å². The molecule has 1 fully saturated rings. The monoisotopic (exact) mass is 472 g/mol. The summed E-state index contributed by atoms with van der Waals surface area (Å²) in [5, 5.41) is 10.5. The van der Waals surface area contributed by atoms with E-state index >= 15 is 0 Å². The number of amides is 1. The zero-order valence-corrected chi connectivity index (χ0v) is 19.0. The molecule has 3 aromatic rings. The van der Waals surface area contributed by atoms with Gasteiger partial charge in [0.1, 0.15) is 11.5 Å². The first-order chi connectivity index (χ1) is 15.9. The van der Waals surface area contributed by atoms with Crippen LogP contribution < -0.4 is 14.8 Å². The molecule has 1 aliphatic rings. The maximum atomic E-state index is 13.0. The lowest BCUT2D eigenvalue weighted by Crippen LogP contribution is -2.43. The van der Waals surface area contributed by atoms with Crippen molar-refractivity contribution in [2.24, 2.45) is 5.92 Å². The fourth-order valence-corrected chi connectivity index (χ4v) is 5.15. The minimum atomic E-state index is -3.73. The number of piperidine rings is 1. The van der Waals surface area contributed by atoms with Crippen LogP contribution in [0.25, 0.3) is 11.5 Å². The molecular formula is C22H24N4O6S. The number of ether oxygens (including phenoxy) is 2. The molecule has 4 rings (SSSR count). The predicted molar refractivity (Wildman–Crippen MR) is 119 cm³/mol. The lowest BCUT2D eigenvalue weighted by atomic mass is 9.99. The molecule has 1 aromatic heterocycles. The van der Waals surface area contributed by atoms with Crippen LogP contribution in [0.1, 0.15) is 12.8 Å². The molecule has 174 valence electrons. The standard InChI is InChI=1S/C22H24N4O6S/c1-30-17-8-10-19(11-9-17)33(28,29)26-12-4-6-16(14-26)20(27)23-22-25-24-21(32-22)15-5-3-7-18(13-15)31-2/h3,5,7-11,13,16H,4,6,12,14H2,1-2H3,(H,23,25,27). The van der Waals surface area contributed by atoms with Crippen LogP contribution in [0, 0.1) is 5.92 Å². The van der Waals surface area contributed by atoms with E-state index in [0.29, 0.717) is 36.4 Å². The van der Waals surface area contributed by atoms with E-state index in [1.54, 1.807) is 43.5 Å². The summed E-state index contributed by atoms with van der Waals surface area (Å²) in [6.07, 6.45) is 1.11. The summed E-state index contributed by atoms with van der Waals surface area (Å²) in [6, 6.07) is 13.2. The second-order valence-electron chi connectivity index (χ2n) is 7.51. The van der Waals surface area contributed by atoms with E-state index in [9.17, 15) is 13.2 Å². The number of sulfonamides is 1. The number of benzene rings is 2. The van der Waals surface area contributed by atoms with Gasteiger partial charge in [0.15, 0.2) is 0 Å². The summed E-state index contributed by atoms with van der Waals surface area (Å²) in [4.78, 5) is 13.0. The number of aromatic nitrogens is 2. The van der Waals surface area contributed by atoms with Crippen LogP contribution in [0.5, 0.6) is 11.5 Å². The second kappa shape index (κ2) is 9.59. The van der Waals surface area contributed by atoms with Crippen molar-refractivity contribution in [1.29, 1.82) is 0 Å². The molecule has 1 N–H and O–H groups in total. The highest BCUT2D eigenvalue weighted by molar-refractivity contribution is 7.89. The van der Waals surface area contributed by atoms with Crippen molar-refractivity contribution in [3.8, 4) is 23.0 Å². The SMILES string of the molecule is COc1ccc(S(=O)(=O)N2CCCC(C(=O)Nc3nnc(-c4cccc(OC)c4)o3)C2)cc1. The summed E-state index contributed by atoms with van der Waals surface area (Å²) in [7, 11) is -0.660. The number of carbonyl (C=O) groups is 1. The molecule has 1 aliphatic heterocycles. The molecule has 0 spiro atoms. The van der Waals surface area contributed by atoms with Gasteiger partial charge in [-0.3, -0.25) is 10.1 Å². The van der Waals surface area contributed by atoms with Crippen LogP contribution in [-0.4, -0.2) is 56.1 Å². The molecule has 0 aliphatic carbocycles. The van der Waals surface area contributed by atoms with Gasteiger partial charge in [-0.1, -0.05) is 11.2 Å². The zero-order valence-electron chi connectivity index (χ0n) is 18.2. The number of anilines is 1. The van der Waals surface area contributed by atoms with Crippen molar-refractivity contribution in [3.63, 3.8) is 0 Å². The Bertz CT molecular complexity index is 1230. The molecule has 33 heavy (non-hydrogen) atoms. The number of hydrogen-bond donors (Lipinski definition) is 1. The highest BCUT2D eigenvalue weighted by Crippen LogP contribution is 2.27. The largest absolute Gasteiger partial charge is 0.497 e. The Labute approximate surface area is 191 Å². The Balaban J connectivity index is 1.43. The zero-order chi connectivity index (χ0) is 23.4. The fourth-order valence-electron chi connectivity index (χ4n) is 3.63. The highest BCUT2D eigenvalue weighted by Gasteiger charge is 2.34. The first kappa shape index (κ1) is 22.7. The lowest BCUT2D eigenvalue weighted by molar-refractivity contribution is -0.121. The van der Waals surface area contributed by atoms with E-state index < -0.39 is 15.9 Å². The van der Waals surface area contributed by atoms with Crippen LogP contribution in [0.2, 0.25) is 0 Å². The quantitative estimate of drug-likeness (QED) is 0.557. The summed E-state index contributed by atoms with van der Waals surface area (Å²) < 4.78 is 43.2. The predicted octanol–water partition coefficient (Wildman–Crippen LogP) is 2.79. The highest BCUT2D eigenvalue weighted by atomic mass is 32.2. The van der Waals surface area contributed by atoms with Gasteiger partial charge < -0.3 is 13.9 Å². The van der Waals surface area contributed by atoms with Gasteiger partial charge in [-0.15, -0.1) is 5.10 Å². The smallest absolute Gasteiger partial charge is 0.322 e. The molecule has 10 nitrogen and oxygen atoms in total. The molecule has 1 unspecified atom stereocenters. The Hall–Kier alpha value is -3.44. The number of methoxy groups -OCH3 is 2. The Morgan fingerprint density at radius 2 is 1.85 bits per heavy atom. The second-order valence-corrected chi connectivity index (χ2v) is 9.45. The summed E-state index contributed by atoms with van der Waals surface area (Å²) in [5.74, 6) is 0.523. The number of rotatable bonds is 7. The minimum Gasteiger partial charge on any atom is -0.497 e. The van der Waals surface area contributed by atoms with E-state index in [4.69, 9.17) is 13.9 Å². The van der Waals surface area contributed by atoms with Crippen molar-refractivity contribution >= 4 is 21.9 Å². The van der Waals surface area contributed by atoms with E-state index in [1.807, 2.05) is 0 Å². The minimum absolute atomic E-state index is 0.0482. The molecule has 11 heteroatoms. The Morgan fingerprint density at radius 3 is 2.58 bits per heavy atom. The van der Waals surface area contributed by atoms with Gasteiger partial charge >= 0.3 is 6.01 Å². The number of hydrogen-bond acceptors (Lipinski definition) is 8. The van der Waals surface area contributed by atoms with Crippen LogP contribution >= 0.6 is 0 Å². The normalized spacial score (nSPS) is 16.8. The summed E-state index contributed by atoms with van der Waals surface area (Å²) in [6.45, 7) is 0.412. The van der Waals surface area contributed by atoms with E-state index in [-0.39, 0.29) is 29.3 Å². The molecule has 1 amide bonds. The molecule has 1 atom stereocenters. The van der Waals surface area contributed by atoms with E-state index in [2.05, 4.69) is 15.5 Å². The molecule has 0 radical (unpaired) electrons. The van der Waals surface area contributed by atoms with Gasteiger partial charge in [0.25, 0.3) is 0 Å². The number of nitrogens with zero attached hydrogens (tertiary/aromatic N) is 3. The third kappa shape index (κ3) is 4.99. The first-order valence-electron chi connectivity index (χ1n) is 10.3. The van der Waals surface area contributed by atoms with Crippen molar-refractivity contribution in [2.45, 2.75) is 17.7 Å². The van der Waals surface area contributed by atoms with Crippen molar-refractivity contribution in [2.75, 3.05) is 32.6 Å². The third-order valence-corrected chi connectivity index (χ3v) is 7.30. The van der Waals surface area contributed by atoms with Gasteiger partial charge in [0, 0.05) is 18.7 Å². The van der Waals surface area contributed by atoms with Crippen LogP contribution in [0.3, 0.4) is 0 Å². The van der Waals surface area contributed by atoms with E-state index in [0.717, 1.165) is 0 Å². The van der Waals surface area contributed by atoms with Crippen LogP contribution in [0.15, 0.2) is 57.8 Å². The average Bonchev–Trinajstić information content (AvgIpc) is 3.32. The average molecular weight is 473 g/mol. The Kier molecular flexibility index (Phi) is 6.61. The maximum absolute atomic E-state index is 13.0. The van der Waals surface area contributed by atoms with Crippen molar-refractivity contribution in [1.82, 2.24) is 14.5 Å². The molecule has 0 bridgehead atoms. The van der Waals surface area contributed by atoms with Crippen molar-refractivity contribution in [3.05, 3.63) is 48.5 Å². The number of carbonyl (C=O) groups excluding carboxylic acids is 1. The summed E-state index contributed by atoms with van der Waals surface area (Å²) in [5.41, 5.74) is 0.650. The van der Waals surface area contributed by atoms with Crippen molar-refractivity contribution < 1.29 is 27.1 Å². The van der Waals surface area contributed by atoms with Gasteiger partial charge in [-0.2, -0.15) is 4.31 Å². The van der Waals surface area contributed by atoms with Crippen LogP contribution in [0.4, 0.5) is 6.01 Å². The lowest BCUT2D eigenvalue weighted by Gasteiger charge is -2.30. The summed E-state index contributed by atoms with van der Waals surface area (Å²) >= 11 is 0. The topological polar surface area (TPSA) is 124 Å².